The third kappa shape index (κ3) is 8.20. The minimum Gasteiger partial charge on any atom is -0.481 e. The molecule has 2 amide bonds. The number of hydrogen-bond acceptors (Lipinski definition) is 13. The molecule has 0 aliphatic heterocycles. The van der Waals surface area contributed by atoms with Gasteiger partial charge in [-0.05, 0) is 63.0 Å². The predicted octanol–water partition coefficient (Wildman–Crippen LogP) is -0.0992. The van der Waals surface area contributed by atoms with Gasteiger partial charge < -0.3 is 46.6 Å². The number of carbonyl (C=O) groups excluding carboxylic acids is 5. The van der Waals surface area contributed by atoms with Gasteiger partial charge in [0.05, 0.1) is 12.5 Å². The molecule has 4 aliphatic carbocycles. The number of carboxylic acid groups (broad SMARTS) is 3. The number of ether oxygens (including phenoxy) is 1. The van der Waals surface area contributed by atoms with E-state index in [1.54, 1.807) is 20.8 Å². The van der Waals surface area contributed by atoms with Crippen LogP contribution in [0.25, 0.3) is 0 Å². The minimum atomic E-state index is -2.21. The van der Waals surface area contributed by atoms with Crippen molar-refractivity contribution in [3.05, 3.63) is 23.8 Å². The van der Waals surface area contributed by atoms with E-state index in [9.17, 15) is 53.7 Å². The van der Waals surface area contributed by atoms with Crippen LogP contribution in [-0.4, -0.2) is 126 Å². The number of nitrogens with one attached hydrogen (secondary N) is 2. The molecule has 0 saturated heterocycles. The minimum absolute atomic E-state index is 0.199. The molecule has 304 valence electrons. The summed E-state index contributed by atoms with van der Waals surface area (Å²) in [7, 11) is 0. The summed E-state index contributed by atoms with van der Waals surface area (Å²) >= 11 is 0.545. The van der Waals surface area contributed by atoms with Crippen molar-refractivity contribution in [3.63, 3.8) is 0 Å². The van der Waals surface area contributed by atoms with Crippen molar-refractivity contribution in [2.75, 3.05) is 18.9 Å². The molecule has 9 N–H and O–H groups in total. The van der Waals surface area contributed by atoms with Crippen LogP contribution in [0.2, 0.25) is 0 Å². The van der Waals surface area contributed by atoms with Crippen LogP contribution in [0.3, 0.4) is 0 Å². The van der Waals surface area contributed by atoms with Crippen LogP contribution in [0.15, 0.2) is 23.8 Å². The summed E-state index contributed by atoms with van der Waals surface area (Å²) in [6.45, 7) is 2.98. The van der Waals surface area contributed by atoms with Crippen LogP contribution in [0.1, 0.15) is 65.7 Å². The van der Waals surface area contributed by atoms with Gasteiger partial charge in [0.25, 0.3) is 0 Å². The number of esters is 1. The number of aliphatic hydroxyl groups excluding tert-OH is 1. The summed E-state index contributed by atoms with van der Waals surface area (Å²) in [6, 6.07) is -2.92. The number of ketones is 2. The van der Waals surface area contributed by atoms with Crippen LogP contribution < -0.4 is 16.4 Å². The Morgan fingerprint density at radius 3 is 2.38 bits per heavy atom. The molecule has 0 aromatic carbocycles. The van der Waals surface area contributed by atoms with E-state index >= 15 is 4.39 Å². The Kier molecular flexibility index (Phi) is 13.1. The molecular weight excluding hydrogens is 749 g/mol. The van der Waals surface area contributed by atoms with Gasteiger partial charge in [0, 0.05) is 28.9 Å². The Hall–Kier alpha value is -4.20. The van der Waals surface area contributed by atoms with Crippen molar-refractivity contribution >= 4 is 59.0 Å². The maximum absolute atomic E-state index is 17.5. The number of hydrogen-bond donors (Lipinski definition) is 8. The molecule has 0 aromatic heterocycles. The summed E-state index contributed by atoms with van der Waals surface area (Å²) < 4.78 is 22.7. The topological polar surface area (TPSA) is 297 Å². The van der Waals surface area contributed by atoms with Gasteiger partial charge in [-0.25, -0.2) is 4.39 Å². The molecule has 0 radical (unpaired) electrons. The second-order valence-electron chi connectivity index (χ2n) is 15.3. The average Bonchev–Trinajstić information content (AvgIpc) is 3.31. The number of rotatable bonds is 17. The van der Waals surface area contributed by atoms with E-state index in [4.69, 9.17) is 20.7 Å². The Bertz CT molecular complexity index is 1690. The van der Waals surface area contributed by atoms with E-state index in [0.29, 0.717) is 23.8 Å². The molecule has 11 atom stereocenters. The lowest BCUT2D eigenvalue weighted by Gasteiger charge is -2.62. The van der Waals surface area contributed by atoms with E-state index in [0.717, 1.165) is 0 Å². The fraction of sp³-hybridized carbons (Fsp3) is 0.667. The van der Waals surface area contributed by atoms with E-state index in [2.05, 4.69) is 10.6 Å². The van der Waals surface area contributed by atoms with E-state index in [1.165, 1.54) is 18.2 Å². The van der Waals surface area contributed by atoms with Gasteiger partial charge in [-0.3, -0.25) is 38.4 Å². The maximum Gasteiger partial charge on any atom is 0.322 e. The molecule has 19 heteroatoms. The van der Waals surface area contributed by atoms with Gasteiger partial charge >= 0.3 is 23.9 Å². The van der Waals surface area contributed by atoms with Crippen LogP contribution >= 0.6 is 11.8 Å². The maximum atomic E-state index is 17.5. The fourth-order valence-electron chi connectivity index (χ4n) is 9.21. The molecule has 17 nitrogen and oxygen atoms in total. The second kappa shape index (κ2) is 16.5. The van der Waals surface area contributed by atoms with Crippen molar-refractivity contribution in [2.24, 2.45) is 34.3 Å². The SMILES string of the molecule is C[C@@H]1C[C@H]2[C@@H]3CCC4=CC(=O)C=C[C@]4(C)[C@@]3(F)[C@@H](O)C[C@]2(C)[C@@]1(O)C(=O)COC(=O)C(CC(=O)O)SC[C@H](NC(=O)CC[C@H](N)C(=O)O)C(=O)NCC(=O)O. The van der Waals surface area contributed by atoms with Crippen molar-refractivity contribution in [1.29, 1.82) is 0 Å². The van der Waals surface area contributed by atoms with Crippen LogP contribution in [0.5, 0.6) is 0 Å². The summed E-state index contributed by atoms with van der Waals surface area (Å²) in [5.41, 5.74) is -1.11. The number of carboxylic acids is 3. The van der Waals surface area contributed by atoms with Crippen molar-refractivity contribution in [1.82, 2.24) is 10.6 Å². The van der Waals surface area contributed by atoms with Crippen molar-refractivity contribution in [2.45, 2.75) is 100 Å². The second-order valence-corrected chi connectivity index (χ2v) is 16.6. The van der Waals surface area contributed by atoms with Gasteiger partial charge in [-0.2, -0.15) is 0 Å². The Labute approximate surface area is 319 Å². The number of alkyl halides is 1. The number of fused-ring (bicyclic) bond motifs is 5. The summed E-state index contributed by atoms with van der Waals surface area (Å²) in [5, 5.41) is 54.0. The number of halogens is 1. The molecule has 3 fully saturated rings. The lowest BCUT2D eigenvalue weighted by Crippen LogP contribution is -2.69. The van der Waals surface area contributed by atoms with Crippen LogP contribution in [-0.2, 0) is 43.1 Å². The third-order valence-electron chi connectivity index (χ3n) is 12.1. The molecule has 0 aromatic rings. The van der Waals surface area contributed by atoms with Crippen molar-refractivity contribution in [3.8, 4) is 0 Å². The summed E-state index contributed by atoms with van der Waals surface area (Å²) in [6.07, 6.45) is 1.38. The largest absolute Gasteiger partial charge is 0.481 e. The van der Waals surface area contributed by atoms with Crippen molar-refractivity contribution < 1.29 is 73.0 Å². The molecule has 0 bridgehead atoms. The molecule has 0 heterocycles. The normalized spacial score (nSPS) is 33.7. The first-order chi connectivity index (χ1) is 25.5. The number of aliphatic hydroxyl groups is 2. The fourth-order valence-corrected chi connectivity index (χ4v) is 10.3. The molecule has 3 saturated carbocycles. The predicted molar refractivity (Wildman–Crippen MR) is 190 cm³/mol. The lowest BCUT2D eigenvalue weighted by atomic mass is 9.44. The lowest BCUT2D eigenvalue weighted by molar-refractivity contribution is -0.220. The number of allylic oxidation sites excluding steroid dienone is 4. The monoisotopic (exact) mass is 797 g/mol. The van der Waals surface area contributed by atoms with E-state index < -0.39 is 137 Å². The number of nitrogens with two attached hydrogens (primary N) is 1. The smallest absolute Gasteiger partial charge is 0.322 e. The molecule has 0 spiro atoms. The Morgan fingerprint density at radius 1 is 1.09 bits per heavy atom. The van der Waals surface area contributed by atoms with Gasteiger partial charge in [-0.15, -0.1) is 11.8 Å². The van der Waals surface area contributed by atoms with Crippen LogP contribution in [0, 0.1) is 28.6 Å². The zero-order valence-corrected chi connectivity index (χ0v) is 31.4. The van der Waals surface area contributed by atoms with Crippen LogP contribution in [0.4, 0.5) is 4.39 Å². The Balaban J connectivity index is 1.48. The molecule has 55 heavy (non-hydrogen) atoms. The number of carbonyl (C=O) groups is 8. The standard InChI is InChI=1S/C36H48FN3O14S/c1-17-10-21-20-5-4-18-11-19(41)8-9-33(18,2)35(20,37)25(42)13-34(21,3)36(17,53)26(43)15-54-32(52)24(12-28(45)46)55-16-23(30(49)39-14-29(47)48)40-27(44)7-6-22(38)31(50)51/h8-9,11,17,20-25,42,53H,4-7,10,12-16,38H2,1-3H3,(H,39,49)(H,40,44)(H,45,46)(H,47,48)(H,50,51)/t17-,20+,21+,22+,23+,24?,25+,33+,34+,35+,36+/m1/s1. The number of thioether (sulfide) groups is 1. The van der Waals surface area contributed by atoms with Gasteiger partial charge in [0.2, 0.25) is 17.6 Å². The first-order valence-electron chi connectivity index (χ1n) is 17.9. The molecule has 4 aliphatic rings. The summed E-state index contributed by atoms with van der Waals surface area (Å²) in [4.78, 5) is 98.3. The zero-order valence-electron chi connectivity index (χ0n) is 30.6. The first kappa shape index (κ1) is 43.5. The van der Waals surface area contributed by atoms with Gasteiger partial charge in [0.1, 0.15) is 29.5 Å². The van der Waals surface area contributed by atoms with Gasteiger partial charge in [-0.1, -0.05) is 25.5 Å². The number of aliphatic carboxylic acids is 3. The molecule has 4 rings (SSSR count). The zero-order chi connectivity index (χ0) is 41.3. The molecule has 1 unspecified atom stereocenters. The summed E-state index contributed by atoms with van der Waals surface area (Å²) in [5.74, 6) is -11.2. The number of Topliss-reactive ketones (excluding diaryl/α,β-unsaturated/α-hetero) is 1. The third-order valence-corrected chi connectivity index (χ3v) is 13.4. The highest BCUT2D eigenvalue weighted by molar-refractivity contribution is 8.00. The van der Waals surface area contributed by atoms with E-state index in [1.807, 2.05) is 0 Å². The highest BCUT2D eigenvalue weighted by Crippen LogP contribution is 2.70. The molecular formula is C36H48FN3O14S. The average molecular weight is 798 g/mol. The highest BCUT2D eigenvalue weighted by Gasteiger charge is 2.75. The Morgan fingerprint density at radius 2 is 1.76 bits per heavy atom. The number of amides is 2. The highest BCUT2D eigenvalue weighted by atomic mass is 32.2. The quantitative estimate of drug-likeness (QED) is 0.0892. The van der Waals surface area contributed by atoms with E-state index in [-0.39, 0.29) is 31.5 Å². The first-order valence-corrected chi connectivity index (χ1v) is 18.9. The van der Waals surface area contributed by atoms with Gasteiger partial charge in [0.15, 0.2) is 18.1 Å².